The Hall–Kier alpha value is -0.860. The lowest BCUT2D eigenvalue weighted by molar-refractivity contribution is 0.126. The van der Waals surface area contributed by atoms with Gasteiger partial charge in [-0.15, -0.1) is 0 Å². The topological polar surface area (TPSA) is 29.3 Å². The monoisotopic (exact) mass is 218 g/mol. The Morgan fingerprint density at radius 3 is 2.56 bits per heavy atom. The molecule has 1 aromatic rings. The summed E-state index contributed by atoms with van der Waals surface area (Å²) in [6, 6.07) is 10.1. The minimum atomic E-state index is 0.593. The van der Waals surface area contributed by atoms with Crippen LogP contribution in [0.15, 0.2) is 24.3 Å². The summed E-state index contributed by atoms with van der Waals surface area (Å²) in [5.41, 5.74) is 8.27. The lowest BCUT2D eigenvalue weighted by atomic mass is 9.92. The lowest BCUT2D eigenvalue weighted by Crippen LogP contribution is -2.36. The van der Waals surface area contributed by atoms with Gasteiger partial charge in [0, 0.05) is 18.6 Å². The maximum atomic E-state index is 5.62. The predicted molar refractivity (Wildman–Crippen MR) is 68.2 cm³/mol. The predicted octanol–water partition coefficient (Wildman–Crippen LogP) is 2.69. The fourth-order valence-corrected chi connectivity index (χ4v) is 2.60. The fraction of sp³-hybridized carbons (Fsp3) is 0.571. The Kier molecular flexibility index (Phi) is 3.62. The highest BCUT2D eigenvalue weighted by Gasteiger charge is 2.25. The second kappa shape index (κ2) is 4.98. The summed E-state index contributed by atoms with van der Waals surface area (Å²) >= 11 is 0. The molecule has 0 amide bonds. The van der Waals surface area contributed by atoms with E-state index in [0.717, 1.165) is 0 Å². The average molecular weight is 218 g/mol. The van der Waals surface area contributed by atoms with Gasteiger partial charge in [-0.2, -0.15) is 0 Å². The summed E-state index contributed by atoms with van der Waals surface area (Å²) in [6.07, 6.45) is 3.95. The van der Waals surface area contributed by atoms with Crippen molar-refractivity contribution in [1.29, 1.82) is 0 Å². The van der Waals surface area contributed by atoms with Crippen LogP contribution in [-0.4, -0.2) is 18.0 Å². The Balaban J connectivity index is 2.15. The van der Waals surface area contributed by atoms with Gasteiger partial charge in [0.1, 0.15) is 0 Å². The van der Waals surface area contributed by atoms with Crippen molar-refractivity contribution < 1.29 is 0 Å². The third kappa shape index (κ3) is 2.28. The van der Waals surface area contributed by atoms with E-state index in [-0.39, 0.29) is 0 Å². The van der Waals surface area contributed by atoms with Crippen LogP contribution in [0.2, 0.25) is 0 Å². The molecular weight excluding hydrogens is 196 g/mol. The normalized spacial score (nSPS) is 26.9. The number of hydrogen-bond acceptors (Lipinski definition) is 2. The standard InChI is InChI=1S/C14H22N2/c1-11-4-3-5-14(16(11)2)13-8-6-12(10-15)7-9-13/h6-9,11,14H,3-5,10,15H2,1-2H3. The first-order valence-electron chi connectivity index (χ1n) is 6.23. The van der Waals surface area contributed by atoms with E-state index in [9.17, 15) is 0 Å². The van der Waals surface area contributed by atoms with Crippen LogP contribution in [0.25, 0.3) is 0 Å². The molecule has 0 aliphatic carbocycles. The minimum absolute atomic E-state index is 0.593. The molecule has 1 fully saturated rings. The fourth-order valence-electron chi connectivity index (χ4n) is 2.60. The summed E-state index contributed by atoms with van der Waals surface area (Å²) in [5, 5.41) is 0. The second-order valence-corrected chi connectivity index (χ2v) is 4.91. The van der Waals surface area contributed by atoms with Crippen LogP contribution < -0.4 is 5.73 Å². The minimum Gasteiger partial charge on any atom is -0.326 e. The van der Waals surface area contributed by atoms with Gasteiger partial charge < -0.3 is 5.73 Å². The maximum absolute atomic E-state index is 5.62. The van der Waals surface area contributed by atoms with E-state index in [0.29, 0.717) is 18.6 Å². The Morgan fingerprint density at radius 1 is 1.25 bits per heavy atom. The molecule has 2 heteroatoms. The van der Waals surface area contributed by atoms with Crippen LogP contribution in [0.1, 0.15) is 43.4 Å². The van der Waals surface area contributed by atoms with Gasteiger partial charge in [-0.05, 0) is 37.9 Å². The summed E-state index contributed by atoms with van der Waals surface area (Å²) in [5.74, 6) is 0. The van der Waals surface area contributed by atoms with Gasteiger partial charge in [-0.25, -0.2) is 0 Å². The lowest BCUT2D eigenvalue weighted by Gasteiger charge is -2.38. The average Bonchev–Trinajstić information content (AvgIpc) is 2.33. The first-order valence-corrected chi connectivity index (χ1v) is 6.23. The van der Waals surface area contributed by atoms with Gasteiger partial charge in [0.25, 0.3) is 0 Å². The summed E-state index contributed by atoms with van der Waals surface area (Å²) in [4.78, 5) is 2.50. The summed E-state index contributed by atoms with van der Waals surface area (Å²) in [6.45, 7) is 2.96. The number of hydrogen-bond donors (Lipinski definition) is 1. The smallest absolute Gasteiger partial charge is 0.0347 e. The molecule has 16 heavy (non-hydrogen) atoms. The van der Waals surface area contributed by atoms with Crippen LogP contribution >= 0.6 is 0 Å². The Bertz CT molecular complexity index is 331. The quantitative estimate of drug-likeness (QED) is 0.827. The van der Waals surface area contributed by atoms with Gasteiger partial charge in [-0.3, -0.25) is 4.90 Å². The molecule has 1 aliphatic rings. The van der Waals surface area contributed by atoms with Crippen molar-refractivity contribution in [3.63, 3.8) is 0 Å². The molecule has 0 radical (unpaired) electrons. The molecule has 0 bridgehead atoms. The van der Waals surface area contributed by atoms with Crippen LogP contribution in [-0.2, 0) is 6.54 Å². The van der Waals surface area contributed by atoms with E-state index in [1.807, 2.05) is 0 Å². The largest absolute Gasteiger partial charge is 0.326 e. The van der Waals surface area contributed by atoms with Gasteiger partial charge in [0.15, 0.2) is 0 Å². The zero-order valence-corrected chi connectivity index (χ0v) is 10.3. The van der Waals surface area contributed by atoms with Gasteiger partial charge in [0.05, 0.1) is 0 Å². The number of nitrogens with zero attached hydrogens (tertiary/aromatic N) is 1. The molecule has 2 unspecified atom stereocenters. The first-order chi connectivity index (χ1) is 7.72. The SMILES string of the molecule is CC1CCCC(c2ccc(CN)cc2)N1C. The van der Waals surface area contributed by atoms with Crippen molar-refractivity contribution in [2.45, 2.75) is 44.8 Å². The third-order valence-electron chi connectivity index (χ3n) is 3.89. The first kappa shape index (κ1) is 11.6. The van der Waals surface area contributed by atoms with Crippen LogP contribution in [0.5, 0.6) is 0 Å². The van der Waals surface area contributed by atoms with E-state index in [1.54, 1.807) is 0 Å². The molecule has 1 heterocycles. The van der Waals surface area contributed by atoms with Gasteiger partial charge >= 0.3 is 0 Å². The van der Waals surface area contributed by atoms with E-state index < -0.39 is 0 Å². The maximum Gasteiger partial charge on any atom is 0.0347 e. The van der Waals surface area contributed by atoms with Crippen molar-refractivity contribution in [3.8, 4) is 0 Å². The molecule has 2 atom stereocenters. The van der Waals surface area contributed by atoms with Crippen molar-refractivity contribution in [2.75, 3.05) is 7.05 Å². The van der Waals surface area contributed by atoms with Gasteiger partial charge in [0.2, 0.25) is 0 Å². The molecule has 0 aromatic heterocycles. The van der Waals surface area contributed by atoms with E-state index in [4.69, 9.17) is 5.73 Å². The number of likely N-dealkylation sites (tertiary alicyclic amines) is 1. The second-order valence-electron chi connectivity index (χ2n) is 4.91. The molecule has 88 valence electrons. The zero-order chi connectivity index (χ0) is 11.5. The van der Waals surface area contributed by atoms with Crippen LogP contribution in [0.3, 0.4) is 0 Å². The van der Waals surface area contributed by atoms with E-state index in [1.165, 1.54) is 30.4 Å². The molecule has 0 spiro atoms. The van der Waals surface area contributed by atoms with Crippen molar-refractivity contribution in [2.24, 2.45) is 5.73 Å². The van der Waals surface area contributed by atoms with Crippen LogP contribution in [0, 0.1) is 0 Å². The van der Waals surface area contributed by atoms with E-state index in [2.05, 4.69) is 43.1 Å². The highest BCUT2D eigenvalue weighted by molar-refractivity contribution is 5.25. The molecular formula is C14H22N2. The Labute approximate surface area is 98.4 Å². The number of nitrogens with two attached hydrogens (primary N) is 1. The third-order valence-corrected chi connectivity index (χ3v) is 3.89. The van der Waals surface area contributed by atoms with Gasteiger partial charge in [-0.1, -0.05) is 30.7 Å². The van der Waals surface area contributed by atoms with Crippen LogP contribution in [0.4, 0.5) is 0 Å². The summed E-state index contributed by atoms with van der Waals surface area (Å²) < 4.78 is 0. The number of rotatable bonds is 2. The molecule has 2 N–H and O–H groups in total. The molecule has 0 saturated carbocycles. The van der Waals surface area contributed by atoms with E-state index >= 15 is 0 Å². The molecule has 2 rings (SSSR count). The van der Waals surface area contributed by atoms with Crippen molar-refractivity contribution in [3.05, 3.63) is 35.4 Å². The highest BCUT2D eigenvalue weighted by atomic mass is 15.2. The molecule has 1 aliphatic heterocycles. The Morgan fingerprint density at radius 2 is 1.94 bits per heavy atom. The molecule has 1 saturated heterocycles. The molecule has 1 aromatic carbocycles. The van der Waals surface area contributed by atoms with Crippen molar-refractivity contribution in [1.82, 2.24) is 4.90 Å². The number of piperidine rings is 1. The van der Waals surface area contributed by atoms with Crippen molar-refractivity contribution >= 4 is 0 Å². The summed E-state index contributed by atoms with van der Waals surface area (Å²) in [7, 11) is 2.24. The molecule has 2 nitrogen and oxygen atoms in total. The zero-order valence-electron chi connectivity index (χ0n) is 10.3. The number of benzene rings is 1. The highest BCUT2D eigenvalue weighted by Crippen LogP contribution is 2.32.